The van der Waals surface area contributed by atoms with Crippen LogP contribution < -0.4 is 32.2 Å². The lowest BCUT2D eigenvalue weighted by Gasteiger charge is -2.21. The van der Waals surface area contributed by atoms with Crippen molar-refractivity contribution in [3.63, 3.8) is 0 Å². The van der Waals surface area contributed by atoms with Gasteiger partial charge in [0, 0.05) is 52.5 Å². The molecule has 0 aliphatic rings. The zero-order chi connectivity index (χ0) is 50.8. The predicted octanol–water partition coefficient (Wildman–Crippen LogP) is 13.3. The second-order valence-corrected chi connectivity index (χ2v) is 24.2. The first kappa shape index (κ1) is 45.3. The number of benzene rings is 8. The number of hydrogen-bond acceptors (Lipinski definition) is 8. The number of aromatic nitrogens is 6. The van der Waals surface area contributed by atoms with Crippen molar-refractivity contribution in [3.05, 3.63) is 255 Å². The van der Waals surface area contributed by atoms with E-state index in [1.807, 2.05) is 121 Å². The molecular weight excluding hydrogens is 971 g/mol. The fourth-order valence-electron chi connectivity index (χ4n) is 11.0. The molecule has 0 aliphatic heterocycles. The van der Waals surface area contributed by atoms with Crippen LogP contribution in [0.15, 0.2) is 255 Å². The van der Waals surface area contributed by atoms with Crippen molar-refractivity contribution in [1.82, 2.24) is 29.9 Å². The van der Waals surface area contributed by atoms with E-state index in [0.29, 0.717) is 55.0 Å². The third-order valence-corrected chi connectivity index (χ3v) is 20.4. The number of pyridine rings is 6. The first-order valence-corrected chi connectivity index (χ1v) is 28.4. The Morgan fingerprint density at radius 2 is 0.684 bits per heavy atom. The summed E-state index contributed by atoms with van der Waals surface area (Å²) in [7, 11) is -7.26. The van der Waals surface area contributed by atoms with Crippen molar-refractivity contribution >= 4 is 111 Å². The maximum absolute atomic E-state index is 16.5. The van der Waals surface area contributed by atoms with Gasteiger partial charge >= 0.3 is 0 Å². The van der Waals surface area contributed by atoms with Crippen molar-refractivity contribution in [1.29, 1.82) is 0 Å². The van der Waals surface area contributed by atoms with E-state index < -0.39 is 14.3 Å². The lowest BCUT2D eigenvalue weighted by Crippen LogP contribution is -2.28. The standard InChI is InChI=1S/C66H42N6O2P2/c73-75(47-33-37-69-63(41-47)61-21-8-11-35-68-61,66-24-13-22-62(72-66)60-20-7-10-34-67-60)45-27-30-56-54-29-25-43(38-57(54)52-18-5-6-19-53(52)58(56)39-45)44-26-32-65(71-42-44)76(74,64-23-9-12-36-70-64)46-28-31-55-50-16-2-1-14-48(50)49-15-3-4-17-51(49)59(55)40-46/h1-42H. The minimum atomic E-state index is -3.69. The number of nitrogens with zero attached hydrogens (tertiary/aromatic N) is 6. The first-order chi connectivity index (χ1) is 37.4. The zero-order valence-electron chi connectivity index (χ0n) is 40.6. The Morgan fingerprint density at radius 1 is 0.250 bits per heavy atom. The molecule has 0 aliphatic carbocycles. The predicted molar refractivity (Wildman–Crippen MR) is 313 cm³/mol. The Morgan fingerprint density at radius 3 is 1.24 bits per heavy atom. The molecule has 0 amide bonds. The van der Waals surface area contributed by atoms with E-state index in [9.17, 15) is 0 Å². The molecule has 10 heteroatoms. The lowest BCUT2D eigenvalue weighted by molar-refractivity contribution is 0.591. The van der Waals surface area contributed by atoms with Crippen LogP contribution in [0.3, 0.4) is 0 Å². The van der Waals surface area contributed by atoms with Crippen molar-refractivity contribution < 1.29 is 9.13 Å². The average Bonchev–Trinajstić information content (AvgIpc) is 3.62. The minimum Gasteiger partial charge on any atom is -0.307 e. The molecule has 6 heterocycles. The summed E-state index contributed by atoms with van der Waals surface area (Å²) in [5.74, 6) is 0. The fourth-order valence-corrected chi connectivity index (χ4v) is 16.0. The van der Waals surface area contributed by atoms with Gasteiger partial charge in [-0.15, -0.1) is 0 Å². The number of fused-ring (bicyclic) bond motifs is 12. The van der Waals surface area contributed by atoms with Crippen molar-refractivity contribution in [2.24, 2.45) is 0 Å². The smallest absolute Gasteiger partial charge is 0.205 e. The van der Waals surface area contributed by atoms with Gasteiger partial charge in [-0.3, -0.25) is 24.9 Å². The summed E-state index contributed by atoms with van der Waals surface area (Å²) in [4.78, 5) is 28.7. The van der Waals surface area contributed by atoms with Crippen LogP contribution in [0, 0.1) is 0 Å². The number of rotatable bonds is 9. The molecule has 0 N–H and O–H groups in total. The second kappa shape index (κ2) is 18.3. The van der Waals surface area contributed by atoms with Gasteiger partial charge in [-0.2, -0.15) is 0 Å². The van der Waals surface area contributed by atoms with Gasteiger partial charge in [-0.25, -0.2) is 4.98 Å². The summed E-state index contributed by atoms with van der Waals surface area (Å²) >= 11 is 0. The summed E-state index contributed by atoms with van der Waals surface area (Å²) in [5, 5.41) is 14.8. The normalized spacial score (nSPS) is 13.3. The third kappa shape index (κ3) is 7.37. The van der Waals surface area contributed by atoms with E-state index in [1.54, 1.807) is 24.8 Å². The van der Waals surface area contributed by atoms with Crippen LogP contribution in [0.5, 0.6) is 0 Å². The van der Waals surface area contributed by atoms with Crippen LogP contribution in [-0.2, 0) is 9.13 Å². The molecular formula is C66H42N6O2P2. The monoisotopic (exact) mass is 1010 g/mol. The van der Waals surface area contributed by atoms with E-state index in [0.717, 1.165) is 70.4 Å². The van der Waals surface area contributed by atoms with Crippen LogP contribution in [0.1, 0.15) is 0 Å². The summed E-state index contributed by atoms with van der Waals surface area (Å²) in [6.07, 6.45) is 8.70. The SMILES string of the molecule is O=P(c1ccnc(-c2ccccn2)c1)(c1ccc2c3ccc(-c4ccc(P(=O)(c5ccc6c7ccccc7c7ccccc7c6c5)c5ccccn5)nc4)cc3c3ccccc3c2c1)c1cccc(-c2ccccn2)n1. The maximum atomic E-state index is 16.5. The molecule has 2 atom stereocenters. The van der Waals surface area contributed by atoms with Crippen LogP contribution in [0.2, 0.25) is 0 Å². The first-order valence-electron chi connectivity index (χ1n) is 25.0. The molecule has 14 rings (SSSR count). The number of hydrogen-bond donors (Lipinski definition) is 0. The van der Waals surface area contributed by atoms with Crippen LogP contribution in [-0.4, -0.2) is 29.9 Å². The molecule has 358 valence electrons. The Hall–Kier alpha value is -9.32. The van der Waals surface area contributed by atoms with Gasteiger partial charge in [0.1, 0.15) is 16.3 Å². The van der Waals surface area contributed by atoms with Crippen LogP contribution in [0.25, 0.3) is 98.5 Å². The van der Waals surface area contributed by atoms with Gasteiger partial charge in [0.15, 0.2) is 7.14 Å². The molecule has 0 saturated carbocycles. The van der Waals surface area contributed by atoms with Crippen LogP contribution in [0.4, 0.5) is 0 Å². The molecule has 0 radical (unpaired) electrons. The quantitative estimate of drug-likeness (QED) is 0.104. The van der Waals surface area contributed by atoms with Gasteiger partial charge in [0.05, 0.1) is 22.8 Å². The van der Waals surface area contributed by atoms with Crippen molar-refractivity contribution in [2.75, 3.05) is 0 Å². The average molecular weight is 1010 g/mol. The van der Waals surface area contributed by atoms with E-state index >= 15 is 9.13 Å². The van der Waals surface area contributed by atoms with Gasteiger partial charge in [-0.1, -0.05) is 140 Å². The Balaban J connectivity index is 0.888. The largest absolute Gasteiger partial charge is 0.307 e. The summed E-state index contributed by atoms with van der Waals surface area (Å²) in [6.45, 7) is 0. The molecule has 8 nitrogen and oxygen atoms in total. The van der Waals surface area contributed by atoms with Gasteiger partial charge in [0.2, 0.25) is 7.14 Å². The van der Waals surface area contributed by atoms with Crippen molar-refractivity contribution in [3.8, 4) is 33.9 Å². The molecule has 6 aromatic heterocycles. The second-order valence-electron chi connectivity index (χ2n) is 18.9. The summed E-state index contributed by atoms with van der Waals surface area (Å²) in [6, 6.07) is 74.4. The molecule has 76 heavy (non-hydrogen) atoms. The molecule has 0 bridgehead atoms. The highest BCUT2D eigenvalue weighted by molar-refractivity contribution is 7.85. The fraction of sp³-hybridized carbons (Fsp3) is 0. The third-order valence-electron chi connectivity index (χ3n) is 14.7. The topological polar surface area (TPSA) is 111 Å². The molecule has 0 saturated heterocycles. The van der Waals surface area contributed by atoms with E-state index in [1.165, 1.54) is 5.39 Å². The molecule has 0 fully saturated rings. The molecule has 0 spiro atoms. The van der Waals surface area contributed by atoms with E-state index in [2.05, 4.69) is 124 Å². The highest BCUT2D eigenvalue weighted by atomic mass is 31.2. The van der Waals surface area contributed by atoms with Gasteiger partial charge in [0.25, 0.3) is 0 Å². The Kier molecular flexibility index (Phi) is 10.9. The highest BCUT2D eigenvalue weighted by Crippen LogP contribution is 2.47. The molecule has 8 aromatic carbocycles. The van der Waals surface area contributed by atoms with E-state index in [4.69, 9.17) is 15.0 Å². The zero-order valence-corrected chi connectivity index (χ0v) is 42.4. The van der Waals surface area contributed by atoms with Gasteiger partial charge < -0.3 is 9.13 Å². The maximum Gasteiger partial charge on any atom is 0.205 e. The van der Waals surface area contributed by atoms with E-state index in [-0.39, 0.29) is 0 Å². The Labute approximate surface area is 437 Å². The Bertz CT molecular complexity index is 4570. The lowest BCUT2D eigenvalue weighted by atomic mass is 9.92. The van der Waals surface area contributed by atoms with Crippen molar-refractivity contribution in [2.45, 2.75) is 0 Å². The highest BCUT2D eigenvalue weighted by Gasteiger charge is 2.35. The molecule has 2 unspecified atom stereocenters. The minimum absolute atomic E-state index is 0.443. The summed E-state index contributed by atoms with van der Waals surface area (Å²) < 4.78 is 32.5. The molecule has 14 aromatic rings. The summed E-state index contributed by atoms with van der Waals surface area (Å²) in [5.41, 5.74) is 5.86. The van der Waals surface area contributed by atoms with Gasteiger partial charge in [-0.05, 0) is 155 Å². The van der Waals surface area contributed by atoms with Crippen LogP contribution >= 0.6 is 14.3 Å².